The van der Waals surface area contributed by atoms with Crippen LogP contribution in [0.5, 0.6) is 5.75 Å². The summed E-state index contributed by atoms with van der Waals surface area (Å²) in [5.41, 5.74) is 1.85. The largest absolute Gasteiger partial charge is 0.492 e. The van der Waals surface area contributed by atoms with E-state index >= 15 is 0 Å². The first-order valence-corrected chi connectivity index (χ1v) is 5.75. The normalized spacial score (nSPS) is 10.3. The SMILES string of the molecule is Cc1cncc(COc2ccc(F)cc2B(O)O)c1. The Morgan fingerprint density at radius 1 is 1.26 bits per heavy atom. The third-order valence-electron chi connectivity index (χ3n) is 2.58. The van der Waals surface area contributed by atoms with Crippen molar-refractivity contribution in [1.29, 1.82) is 0 Å². The van der Waals surface area contributed by atoms with Crippen LogP contribution in [-0.2, 0) is 6.61 Å². The number of aromatic nitrogens is 1. The van der Waals surface area contributed by atoms with Gasteiger partial charge in [0.15, 0.2) is 0 Å². The molecule has 0 fully saturated rings. The molecule has 0 saturated carbocycles. The molecule has 2 rings (SSSR count). The highest BCUT2D eigenvalue weighted by Gasteiger charge is 2.18. The van der Waals surface area contributed by atoms with Crippen LogP contribution in [0.3, 0.4) is 0 Å². The average molecular weight is 261 g/mol. The van der Waals surface area contributed by atoms with Gasteiger partial charge in [0, 0.05) is 23.4 Å². The average Bonchev–Trinajstić information content (AvgIpc) is 2.37. The Bertz CT molecular complexity index is 578. The number of benzene rings is 1. The van der Waals surface area contributed by atoms with Crippen LogP contribution in [0.25, 0.3) is 0 Å². The molecule has 98 valence electrons. The van der Waals surface area contributed by atoms with Crippen LogP contribution >= 0.6 is 0 Å². The van der Waals surface area contributed by atoms with Gasteiger partial charge in [0.1, 0.15) is 18.2 Å². The van der Waals surface area contributed by atoms with Gasteiger partial charge in [0.2, 0.25) is 0 Å². The van der Waals surface area contributed by atoms with Crippen molar-refractivity contribution in [2.45, 2.75) is 13.5 Å². The summed E-state index contributed by atoms with van der Waals surface area (Å²) in [7, 11) is -1.78. The molecule has 0 saturated heterocycles. The first kappa shape index (κ1) is 13.5. The highest BCUT2D eigenvalue weighted by Crippen LogP contribution is 2.12. The first-order valence-electron chi connectivity index (χ1n) is 5.75. The molecule has 2 aromatic rings. The van der Waals surface area contributed by atoms with Crippen molar-refractivity contribution < 1.29 is 19.2 Å². The lowest BCUT2D eigenvalue weighted by Crippen LogP contribution is -2.31. The van der Waals surface area contributed by atoms with E-state index in [1.807, 2.05) is 13.0 Å². The molecule has 0 aliphatic rings. The Morgan fingerprint density at radius 2 is 2.05 bits per heavy atom. The Morgan fingerprint density at radius 3 is 2.74 bits per heavy atom. The minimum Gasteiger partial charge on any atom is -0.489 e. The predicted molar refractivity (Wildman–Crippen MR) is 69.5 cm³/mol. The molecule has 0 aliphatic carbocycles. The van der Waals surface area contributed by atoms with Crippen molar-refractivity contribution in [3.8, 4) is 5.75 Å². The molecule has 0 amide bonds. The molecular weight excluding hydrogens is 248 g/mol. The summed E-state index contributed by atoms with van der Waals surface area (Å²) in [6, 6.07) is 5.52. The van der Waals surface area contributed by atoms with Crippen molar-refractivity contribution in [3.63, 3.8) is 0 Å². The molecule has 1 heterocycles. The lowest BCUT2D eigenvalue weighted by molar-refractivity contribution is 0.305. The smallest absolute Gasteiger partial charge is 0.489 e. The molecule has 2 N–H and O–H groups in total. The fourth-order valence-corrected chi connectivity index (χ4v) is 1.71. The van der Waals surface area contributed by atoms with E-state index in [4.69, 9.17) is 14.8 Å². The summed E-state index contributed by atoms with van der Waals surface area (Å²) in [5, 5.41) is 18.3. The van der Waals surface area contributed by atoms with Gasteiger partial charge in [-0.3, -0.25) is 4.98 Å². The van der Waals surface area contributed by atoms with Gasteiger partial charge in [0.25, 0.3) is 0 Å². The molecule has 0 spiro atoms. The predicted octanol–water partition coefficient (Wildman–Crippen LogP) is 0.788. The molecule has 0 bridgehead atoms. The second-order valence-corrected chi connectivity index (χ2v) is 4.22. The summed E-state index contributed by atoms with van der Waals surface area (Å²) in [6.07, 6.45) is 3.38. The molecule has 1 aromatic heterocycles. The number of halogens is 1. The van der Waals surface area contributed by atoms with E-state index in [0.717, 1.165) is 17.2 Å². The number of rotatable bonds is 4. The van der Waals surface area contributed by atoms with E-state index in [9.17, 15) is 4.39 Å². The van der Waals surface area contributed by atoms with E-state index in [1.54, 1.807) is 12.4 Å². The third-order valence-corrected chi connectivity index (χ3v) is 2.58. The van der Waals surface area contributed by atoms with E-state index in [-0.39, 0.29) is 17.8 Å². The number of hydrogen-bond acceptors (Lipinski definition) is 4. The van der Waals surface area contributed by atoms with Crippen LogP contribution in [0.2, 0.25) is 0 Å². The number of aryl methyl sites for hydroxylation is 1. The molecule has 4 nitrogen and oxygen atoms in total. The minimum atomic E-state index is -1.78. The van der Waals surface area contributed by atoms with Gasteiger partial charge in [0.05, 0.1) is 0 Å². The number of hydrogen-bond donors (Lipinski definition) is 2. The van der Waals surface area contributed by atoms with Crippen molar-refractivity contribution in [1.82, 2.24) is 4.98 Å². The Labute approximate surface area is 110 Å². The van der Waals surface area contributed by atoms with E-state index in [2.05, 4.69) is 4.98 Å². The zero-order valence-corrected chi connectivity index (χ0v) is 10.4. The Hall–Kier alpha value is -1.92. The zero-order valence-electron chi connectivity index (χ0n) is 10.4. The maximum Gasteiger partial charge on any atom is 0.492 e. The summed E-state index contributed by atoms with van der Waals surface area (Å²) < 4.78 is 18.5. The molecule has 1 aromatic carbocycles. The van der Waals surface area contributed by atoms with Crippen LogP contribution in [0.15, 0.2) is 36.7 Å². The standard InChI is InChI=1S/C13H13BFNO3/c1-9-4-10(7-16-6-9)8-19-13-3-2-11(15)5-12(13)14(17)18/h2-7,17-18H,8H2,1H3. The molecular formula is C13H13BFNO3. The lowest BCUT2D eigenvalue weighted by Gasteiger charge is -2.11. The maximum absolute atomic E-state index is 13.0. The van der Waals surface area contributed by atoms with Gasteiger partial charge >= 0.3 is 7.12 Å². The van der Waals surface area contributed by atoms with Crippen molar-refractivity contribution >= 4 is 12.6 Å². The van der Waals surface area contributed by atoms with Gasteiger partial charge < -0.3 is 14.8 Å². The van der Waals surface area contributed by atoms with Crippen LogP contribution < -0.4 is 10.2 Å². The number of ether oxygens (including phenoxy) is 1. The van der Waals surface area contributed by atoms with E-state index < -0.39 is 12.9 Å². The summed E-state index contributed by atoms with van der Waals surface area (Å²) >= 11 is 0. The fourth-order valence-electron chi connectivity index (χ4n) is 1.71. The van der Waals surface area contributed by atoms with Gasteiger partial charge in [-0.2, -0.15) is 0 Å². The summed E-state index contributed by atoms with van der Waals surface area (Å²) in [6.45, 7) is 2.14. The molecule has 0 atom stereocenters. The summed E-state index contributed by atoms with van der Waals surface area (Å²) in [5.74, 6) is -0.314. The molecule has 0 unspecified atom stereocenters. The second kappa shape index (κ2) is 5.82. The van der Waals surface area contributed by atoms with Crippen molar-refractivity contribution in [3.05, 3.63) is 53.6 Å². The molecule has 0 radical (unpaired) electrons. The van der Waals surface area contributed by atoms with Gasteiger partial charge in [-0.25, -0.2) is 4.39 Å². The minimum absolute atomic E-state index is 0.000567. The summed E-state index contributed by atoms with van der Waals surface area (Å²) in [4.78, 5) is 4.03. The molecule has 19 heavy (non-hydrogen) atoms. The second-order valence-electron chi connectivity index (χ2n) is 4.22. The monoisotopic (exact) mass is 261 g/mol. The van der Waals surface area contributed by atoms with Crippen LogP contribution in [0, 0.1) is 12.7 Å². The van der Waals surface area contributed by atoms with E-state index in [0.29, 0.717) is 0 Å². The molecule has 6 heteroatoms. The topological polar surface area (TPSA) is 62.6 Å². The van der Waals surface area contributed by atoms with Gasteiger partial charge in [-0.05, 0) is 36.8 Å². The van der Waals surface area contributed by atoms with Crippen LogP contribution in [-0.4, -0.2) is 22.2 Å². The van der Waals surface area contributed by atoms with Crippen LogP contribution in [0.1, 0.15) is 11.1 Å². The highest BCUT2D eigenvalue weighted by atomic mass is 19.1. The highest BCUT2D eigenvalue weighted by molar-refractivity contribution is 6.59. The quantitative estimate of drug-likeness (QED) is 0.798. The lowest BCUT2D eigenvalue weighted by atomic mass is 9.79. The first-order chi connectivity index (χ1) is 9.06. The third kappa shape index (κ3) is 3.53. The molecule has 0 aliphatic heterocycles. The van der Waals surface area contributed by atoms with Crippen molar-refractivity contribution in [2.75, 3.05) is 0 Å². The number of pyridine rings is 1. The Kier molecular flexibility index (Phi) is 4.14. The van der Waals surface area contributed by atoms with Gasteiger partial charge in [-0.1, -0.05) is 0 Å². The maximum atomic E-state index is 13.0. The Balaban J connectivity index is 2.15. The van der Waals surface area contributed by atoms with Crippen molar-refractivity contribution in [2.24, 2.45) is 0 Å². The van der Waals surface area contributed by atoms with Gasteiger partial charge in [-0.15, -0.1) is 0 Å². The zero-order chi connectivity index (χ0) is 13.8. The number of nitrogens with zero attached hydrogens (tertiary/aromatic N) is 1. The van der Waals surface area contributed by atoms with Crippen LogP contribution in [0.4, 0.5) is 4.39 Å². The fraction of sp³-hybridized carbons (Fsp3) is 0.154. The van der Waals surface area contributed by atoms with E-state index in [1.165, 1.54) is 12.1 Å².